The lowest BCUT2D eigenvalue weighted by Gasteiger charge is -2.07. The fraction of sp³-hybridized carbons (Fsp3) is 0.500. The molecule has 2 N–H and O–H groups in total. The zero-order chi connectivity index (χ0) is 14.5. The smallest absolute Gasteiger partial charge is 0.229 e. The molecule has 6 heteroatoms. The Kier molecular flexibility index (Phi) is 5.25. The fourth-order valence-electron chi connectivity index (χ4n) is 1.95. The molecule has 0 bridgehead atoms. The lowest BCUT2D eigenvalue weighted by Crippen LogP contribution is -2.14. The Balaban J connectivity index is 2.03. The molecule has 5 nitrogen and oxygen atoms in total. The van der Waals surface area contributed by atoms with Crippen LogP contribution in [0.3, 0.4) is 0 Å². The Labute approximate surface area is 127 Å². The molecule has 0 aliphatic heterocycles. The minimum Gasteiger partial charge on any atom is -0.339 e. The molecule has 0 fully saturated rings. The van der Waals surface area contributed by atoms with Gasteiger partial charge in [-0.25, -0.2) is 0 Å². The lowest BCUT2D eigenvalue weighted by molar-refractivity contribution is 0.349. The van der Waals surface area contributed by atoms with Crippen molar-refractivity contribution in [3.63, 3.8) is 0 Å². The Hall–Kier alpha value is -1.27. The third kappa shape index (κ3) is 3.86. The summed E-state index contributed by atoms with van der Waals surface area (Å²) >= 11 is 3.44. The Morgan fingerprint density at radius 2 is 2.15 bits per heavy atom. The summed E-state index contributed by atoms with van der Waals surface area (Å²) in [5.74, 6) is 1.41. The fourth-order valence-corrected chi connectivity index (χ4v) is 2.38. The van der Waals surface area contributed by atoms with Crippen LogP contribution in [-0.4, -0.2) is 21.2 Å². The van der Waals surface area contributed by atoms with Gasteiger partial charge in [-0.3, -0.25) is 4.98 Å². The third-order valence-electron chi connectivity index (χ3n) is 3.13. The van der Waals surface area contributed by atoms with Gasteiger partial charge in [0.05, 0.1) is 0 Å². The van der Waals surface area contributed by atoms with E-state index in [0.717, 1.165) is 23.7 Å². The monoisotopic (exact) mass is 338 g/mol. The van der Waals surface area contributed by atoms with E-state index >= 15 is 0 Å². The van der Waals surface area contributed by atoms with E-state index in [0.29, 0.717) is 17.4 Å². The summed E-state index contributed by atoms with van der Waals surface area (Å²) < 4.78 is 6.20. The molecule has 2 aromatic heterocycles. The van der Waals surface area contributed by atoms with E-state index in [4.69, 9.17) is 10.3 Å². The molecule has 0 aromatic carbocycles. The number of hydrogen-bond donors (Lipinski definition) is 1. The maximum absolute atomic E-state index is 5.75. The molecule has 0 amide bonds. The minimum atomic E-state index is 0.234. The van der Waals surface area contributed by atoms with Gasteiger partial charge in [-0.05, 0) is 47.8 Å². The summed E-state index contributed by atoms with van der Waals surface area (Å²) in [5, 5.41) is 4.01. The first-order chi connectivity index (χ1) is 9.58. The van der Waals surface area contributed by atoms with Crippen molar-refractivity contribution in [2.75, 3.05) is 0 Å². The number of halogens is 1. The van der Waals surface area contributed by atoms with Crippen LogP contribution in [0.2, 0.25) is 0 Å². The van der Waals surface area contributed by atoms with Crippen LogP contribution >= 0.6 is 15.9 Å². The normalized spacial score (nSPS) is 14.2. The van der Waals surface area contributed by atoms with Crippen LogP contribution in [0.25, 0.3) is 11.5 Å². The molecule has 2 rings (SSSR count). The predicted octanol–water partition coefficient (Wildman–Crippen LogP) is 3.52. The quantitative estimate of drug-likeness (QED) is 0.871. The summed E-state index contributed by atoms with van der Waals surface area (Å²) in [6.07, 6.45) is 4.77. The van der Waals surface area contributed by atoms with E-state index in [1.165, 1.54) is 0 Å². The van der Waals surface area contributed by atoms with Gasteiger partial charge >= 0.3 is 0 Å². The molecule has 2 aromatic rings. The summed E-state index contributed by atoms with van der Waals surface area (Å²) in [5.41, 5.74) is 6.45. The highest BCUT2D eigenvalue weighted by atomic mass is 79.9. The molecule has 2 atom stereocenters. The van der Waals surface area contributed by atoms with Crippen molar-refractivity contribution in [2.24, 2.45) is 5.73 Å². The molecule has 2 unspecified atom stereocenters. The second kappa shape index (κ2) is 6.95. The standard InChI is InChI=1S/C14H19BrN4O/c1-9(5-3-6-10(2)16)14-18-13(19-20-14)12-11(15)7-4-8-17-12/h4,7-10H,3,5-6,16H2,1-2H3. The Morgan fingerprint density at radius 3 is 2.85 bits per heavy atom. The molecular weight excluding hydrogens is 320 g/mol. The zero-order valence-corrected chi connectivity index (χ0v) is 13.3. The highest BCUT2D eigenvalue weighted by Crippen LogP contribution is 2.26. The number of hydrogen-bond acceptors (Lipinski definition) is 5. The lowest BCUT2D eigenvalue weighted by atomic mass is 10.0. The van der Waals surface area contributed by atoms with Crippen LogP contribution in [0.5, 0.6) is 0 Å². The number of aromatic nitrogens is 3. The van der Waals surface area contributed by atoms with Crippen LogP contribution in [0.1, 0.15) is 44.9 Å². The van der Waals surface area contributed by atoms with Gasteiger partial charge in [0, 0.05) is 22.6 Å². The van der Waals surface area contributed by atoms with Gasteiger partial charge in [0.1, 0.15) is 5.69 Å². The molecule has 0 aliphatic carbocycles. The molecular formula is C14H19BrN4O. The first-order valence-electron chi connectivity index (χ1n) is 6.78. The number of rotatable bonds is 6. The molecule has 0 saturated heterocycles. The van der Waals surface area contributed by atoms with E-state index in [1.807, 2.05) is 19.1 Å². The van der Waals surface area contributed by atoms with Crippen molar-refractivity contribution in [3.8, 4) is 11.5 Å². The van der Waals surface area contributed by atoms with Gasteiger partial charge < -0.3 is 10.3 Å². The highest BCUT2D eigenvalue weighted by molar-refractivity contribution is 9.10. The van der Waals surface area contributed by atoms with Gasteiger partial charge in [0.25, 0.3) is 0 Å². The molecule has 20 heavy (non-hydrogen) atoms. The first kappa shape index (κ1) is 15.1. The number of pyridine rings is 1. The topological polar surface area (TPSA) is 77.8 Å². The predicted molar refractivity (Wildman–Crippen MR) is 81.1 cm³/mol. The summed E-state index contributed by atoms with van der Waals surface area (Å²) in [6.45, 7) is 4.11. The SMILES string of the molecule is CC(N)CCCC(C)c1nc(-c2ncccc2Br)no1. The van der Waals surface area contributed by atoms with E-state index in [-0.39, 0.29) is 12.0 Å². The van der Waals surface area contributed by atoms with Crippen molar-refractivity contribution in [2.45, 2.75) is 45.1 Å². The second-order valence-corrected chi connectivity index (χ2v) is 5.95. The van der Waals surface area contributed by atoms with Crippen LogP contribution in [-0.2, 0) is 0 Å². The van der Waals surface area contributed by atoms with Crippen molar-refractivity contribution < 1.29 is 4.52 Å². The van der Waals surface area contributed by atoms with Crippen molar-refractivity contribution in [1.29, 1.82) is 0 Å². The van der Waals surface area contributed by atoms with Crippen molar-refractivity contribution in [3.05, 3.63) is 28.7 Å². The zero-order valence-electron chi connectivity index (χ0n) is 11.7. The van der Waals surface area contributed by atoms with Gasteiger partial charge in [-0.2, -0.15) is 4.98 Å². The maximum atomic E-state index is 5.75. The number of nitrogens with zero attached hydrogens (tertiary/aromatic N) is 3. The van der Waals surface area contributed by atoms with Crippen LogP contribution in [0.4, 0.5) is 0 Å². The largest absolute Gasteiger partial charge is 0.339 e. The molecule has 0 spiro atoms. The molecule has 2 heterocycles. The minimum absolute atomic E-state index is 0.234. The van der Waals surface area contributed by atoms with E-state index in [9.17, 15) is 0 Å². The summed E-state index contributed by atoms with van der Waals surface area (Å²) in [6, 6.07) is 4.00. The van der Waals surface area contributed by atoms with Crippen molar-refractivity contribution >= 4 is 15.9 Å². The van der Waals surface area contributed by atoms with Gasteiger partial charge in [-0.1, -0.05) is 18.5 Å². The third-order valence-corrected chi connectivity index (χ3v) is 3.77. The average Bonchev–Trinajstić information content (AvgIpc) is 2.88. The van der Waals surface area contributed by atoms with Crippen LogP contribution in [0, 0.1) is 0 Å². The molecule has 0 saturated carbocycles. The Bertz CT molecular complexity index is 556. The molecule has 0 aliphatic rings. The van der Waals surface area contributed by atoms with Crippen LogP contribution < -0.4 is 5.73 Å². The molecule has 108 valence electrons. The van der Waals surface area contributed by atoms with Gasteiger partial charge in [-0.15, -0.1) is 0 Å². The number of nitrogens with two attached hydrogens (primary N) is 1. The average molecular weight is 339 g/mol. The van der Waals surface area contributed by atoms with Crippen LogP contribution in [0.15, 0.2) is 27.3 Å². The summed E-state index contributed by atoms with van der Waals surface area (Å²) in [7, 11) is 0. The Morgan fingerprint density at radius 1 is 1.35 bits per heavy atom. The maximum Gasteiger partial charge on any atom is 0.229 e. The van der Waals surface area contributed by atoms with E-state index in [2.05, 4.69) is 38.0 Å². The first-order valence-corrected chi connectivity index (χ1v) is 7.57. The van der Waals surface area contributed by atoms with E-state index < -0.39 is 0 Å². The van der Waals surface area contributed by atoms with Gasteiger partial charge in [0.2, 0.25) is 11.7 Å². The molecule has 0 radical (unpaired) electrons. The second-order valence-electron chi connectivity index (χ2n) is 5.10. The van der Waals surface area contributed by atoms with Crippen molar-refractivity contribution in [1.82, 2.24) is 15.1 Å². The van der Waals surface area contributed by atoms with E-state index in [1.54, 1.807) is 6.20 Å². The summed E-state index contributed by atoms with van der Waals surface area (Å²) in [4.78, 5) is 8.70. The van der Waals surface area contributed by atoms with Gasteiger partial charge in [0.15, 0.2) is 0 Å². The highest BCUT2D eigenvalue weighted by Gasteiger charge is 2.17.